The highest BCUT2D eigenvalue weighted by atomic mass is 16.7. The smallest absolute Gasteiger partial charge is 0.246 e. The van der Waals surface area contributed by atoms with Crippen molar-refractivity contribution in [2.24, 2.45) is 5.73 Å². The van der Waals surface area contributed by atoms with Crippen molar-refractivity contribution in [3.05, 3.63) is 18.2 Å². The molecule has 0 saturated heterocycles. The Morgan fingerprint density at radius 3 is 2.58 bits per heavy atom. The predicted octanol–water partition coefficient (Wildman–Crippen LogP) is 2.26. The first kappa shape index (κ1) is 13.7. The maximum absolute atomic E-state index is 11.8. The van der Waals surface area contributed by atoms with Crippen LogP contribution in [-0.4, -0.2) is 17.2 Å². The topological polar surface area (TPSA) is 73.6 Å². The first-order valence-corrected chi connectivity index (χ1v) is 6.25. The van der Waals surface area contributed by atoms with Crippen molar-refractivity contribution in [3.8, 4) is 11.5 Å². The van der Waals surface area contributed by atoms with Gasteiger partial charge in [-0.3, -0.25) is 4.79 Å². The van der Waals surface area contributed by atoms with Crippen molar-refractivity contribution in [3.63, 3.8) is 0 Å². The molecule has 5 heteroatoms. The van der Waals surface area contributed by atoms with E-state index in [1.54, 1.807) is 18.2 Å². The molecule has 0 bridgehead atoms. The van der Waals surface area contributed by atoms with Crippen LogP contribution in [0.15, 0.2) is 18.2 Å². The molecular formula is C14H20N2O3. The number of rotatable bonds is 3. The van der Waals surface area contributed by atoms with E-state index in [0.29, 0.717) is 17.2 Å². The molecule has 2 rings (SSSR count). The molecule has 0 fully saturated rings. The minimum Gasteiger partial charge on any atom is -0.449 e. The minimum absolute atomic E-state index is 0.120. The SMILES string of the molecule is CC(C)(N)CC(=O)Nc1ccc2c(c1)OC(C)(C)O2. The summed E-state index contributed by atoms with van der Waals surface area (Å²) in [4.78, 5) is 11.8. The van der Waals surface area contributed by atoms with E-state index in [9.17, 15) is 4.79 Å². The molecule has 0 saturated carbocycles. The first-order chi connectivity index (χ1) is 8.65. The minimum atomic E-state index is -0.662. The number of hydrogen-bond donors (Lipinski definition) is 2. The van der Waals surface area contributed by atoms with Crippen LogP contribution in [0, 0.1) is 0 Å². The zero-order valence-electron chi connectivity index (χ0n) is 11.7. The third-order valence-corrected chi connectivity index (χ3v) is 2.56. The highest BCUT2D eigenvalue weighted by Gasteiger charge is 2.31. The van der Waals surface area contributed by atoms with Gasteiger partial charge in [-0.1, -0.05) is 0 Å². The molecule has 104 valence electrons. The first-order valence-electron chi connectivity index (χ1n) is 6.25. The van der Waals surface area contributed by atoms with Gasteiger partial charge >= 0.3 is 0 Å². The summed E-state index contributed by atoms with van der Waals surface area (Å²) in [6.07, 6.45) is 0.257. The molecule has 1 amide bonds. The van der Waals surface area contributed by atoms with Crippen molar-refractivity contribution >= 4 is 11.6 Å². The molecule has 0 aromatic heterocycles. The second kappa shape index (κ2) is 4.42. The van der Waals surface area contributed by atoms with E-state index in [2.05, 4.69) is 5.32 Å². The highest BCUT2D eigenvalue weighted by molar-refractivity contribution is 5.91. The average Bonchev–Trinajstić information content (AvgIpc) is 2.47. The summed E-state index contributed by atoms with van der Waals surface area (Å²) in [6.45, 7) is 7.30. The number of amides is 1. The van der Waals surface area contributed by atoms with Gasteiger partial charge < -0.3 is 20.5 Å². The lowest BCUT2D eigenvalue weighted by Gasteiger charge is -2.17. The normalized spacial score (nSPS) is 16.3. The third kappa shape index (κ3) is 3.61. The Kier molecular flexibility index (Phi) is 3.18. The quantitative estimate of drug-likeness (QED) is 0.878. The van der Waals surface area contributed by atoms with E-state index in [1.807, 2.05) is 27.7 Å². The van der Waals surface area contributed by atoms with Crippen LogP contribution in [0.3, 0.4) is 0 Å². The van der Waals surface area contributed by atoms with E-state index in [-0.39, 0.29) is 12.3 Å². The summed E-state index contributed by atoms with van der Waals surface area (Å²) in [7, 11) is 0. The van der Waals surface area contributed by atoms with Crippen molar-refractivity contribution in [1.29, 1.82) is 0 Å². The monoisotopic (exact) mass is 264 g/mol. The molecule has 5 nitrogen and oxygen atoms in total. The summed E-state index contributed by atoms with van der Waals surface area (Å²) < 4.78 is 11.2. The Morgan fingerprint density at radius 2 is 1.95 bits per heavy atom. The Hall–Kier alpha value is -1.75. The van der Waals surface area contributed by atoms with E-state index in [0.717, 1.165) is 0 Å². The van der Waals surface area contributed by atoms with Gasteiger partial charge in [-0.25, -0.2) is 0 Å². The van der Waals surface area contributed by atoms with Crippen LogP contribution in [0.1, 0.15) is 34.1 Å². The van der Waals surface area contributed by atoms with Crippen LogP contribution in [-0.2, 0) is 4.79 Å². The highest BCUT2D eigenvalue weighted by Crippen LogP contribution is 2.40. The molecule has 1 aliphatic rings. The van der Waals surface area contributed by atoms with Crippen LogP contribution in [0.2, 0.25) is 0 Å². The lowest BCUT2D eigenvalue weighted by molar-refractivity contribution is -0.117. The fraction of sp³-hybridized carbons (Fsp3) is 0.500. The average molecular weight is 264 g/mol. The number of anilines is 1. The van der Waals surface area contributed by atoms with Crippen LogP contribution in [0.4, 0.5) is 5.69 Å². The van der Waals surface area contributed by atoms with Crippen LogP contribution in [0.25, 0.3) is 0 Å². The van der Waals surface area contributed by atoms with E-state index in [4.69, 9.17) is 15.2 Å². The Balaban J connectivity index is 2.07. The molecular weight excluding hydrogens is 244 g/mol. The van der Waals surface area contributed by atoms with Gasteiger partial charge in [0, 0.05) is 37.6 Å². The molecule has 0 unspecified atom stereocenters. The molecule has 1 aromatic carbocycles. The van der Waals surface area contributed by atoms with Gasteiger partial charge in [-0.2, -0.15) is 0 Å². The summed E-state index contributed by atoms with van der Waals surface area (Å²) in [6, 6.07) is 5.32. The van der Waals surface area contributed by atoms with Gasteiger partial charge in [0.05, 0.1) is 0 Å². The van der Waals surface area contributed by atoms with E-state index in [1.165, 1.54) is 0 Å². The number of nitrogens with two attached hydrogens (primary N) is 1. The lowest BCUT2D eigenvalue weighted by atomic mass is 10.0. The van der Waals surface area contributed by atoms with Crippen molar-refractivity contribution in [1.82, 2.24) is 0 Å². The van der Waals surface area contributed by atoms with Crippen molar-refractivity contribution < 1.29 is 14.3 Å². The molecule has 1 aliphatic heterocycles. The number of carbonyl (C=O) groups is 1. The van der Waals surface area contributed by atoms with E-state index >= 15 is 0 Å². The molecule has 1 aromatic rings. The molecule has 3 N–H and O–H groups in total. The van der Waals surface area contributed by atoms with Gasteiger partial charge in [-0.05, 0) is 26.0 Å². The number of nitrogens with one attached hydrogen (secondary N) is 1. The largest absolute Gasteiger partial charge is 0.449 e. The van der Waals surface area contributed by atoms with Crippen molar-refractivity contribution in [2.45, 2.75) is 45.4 Å². The zero-order valence-corrected chi connectivity index (χ0v) is 11.7. The molecule has 0 aliphatic carbocycles. The molecule has 0 radical (unpaired) electrons. The van der Waals surface area contributed by atoms with Gasteiger partial charge in [0.25, 0.3) is 0 Å². The fourth-order valence-electron chi connectivity index (χ4n) is 1.92. The Labute approximate surface area is 113 Å². The van der Waals surface area contributed by atoms with Gasteiger partial charge in [0.2, 0.25) is 11.7 Å². The Morgan fingerprint density at radius 1 is 1.32 bits per heavy atom. The summed E-state index contributed by atoms with van der Waals surface area (Å²) in [5, 5.41) is 2.80. The predicted molar refractivity (Wildman–Crippen MR) is 73.3 cm³/mol. The molecule has 1 heterocycles. The van der Waals surface area contributed by atoms with Gasteiger partial charge in [0.15, 0.2) is 11.5 Å². The molecule has 0 spiro atoms. The van der Waals surface area contributed by atoms with E-state index < -0.39 is 11.3 Å². The standard InChI is InChI=1S/C14H20N2O3/c1-13(2,15)8-12(17)16-9-5-6-10-11(7-9)19-14(3,4)18-10/h5-7H,8,15H2,1-4H3,(H,16,17). The molecule has 19 heavy (non-hydrogen) atoms. The second-order valence-electron chi connectivity index (χ2n) is 5.98. The maximum atomic E-state index is 11.8. The zero-order chi connectivity index (χ0) is 14.3. The summed E-state index contributed by atoms with van der Waals surface area (Å²) >= 11 is 0. The summed E-state index contributed by atoms with van der Waals surface area (Å²) in [5.74, 6) is 0.534. The fourth-order valence-corrected chi connectivity index (χ4v) is 1.92. The number of benzene rings is 1. The second-order valence-corrected chi connectivity index (χ2v) is 5.98. The summed E-state index contributed by atoms with van der Waals surface area (Å²) in [5.41, 5.74) is 5.96. The Bertz CT molecular complexity index is 504. The van der Waals surface area contributed by atoms with Crippen LogP contribution in [0.5, 0.6) is 11.5 Å². The number of fused-ring (bicyclic) bond motifs is 1. The van der Waals surface area contributed by atoms with Crippen molar-refractivity contribution in [2.75, 3.05) is 5.32 Å². The van der Waals surface area contributed by atoms with Gasteiger partial charge in [0.1, 0.15) is 0 Å². The van der Waals surface area contributed by atoms with Gasteiger partial charge in [-0.15, -0.1) is 0 Å². The lowest BCUT2D eigenvalue weighted by Crippen LogP contribution is -2.36. The van der Waals surface area contributed by atoms with Crippen LogP contribution < -0.4 is 20.5 Å². The number of hydrogen-bond acceptors (Lipinski definition) is 4. The molecule has 0 atom stereocenters. The maximum Gasteiger partial charge on any atom is 0.246 e. The number of carbonyl (C=O) groups excluding carboxylic acids is 1. The number of ether oxygens (including phenoxy) is 2. The third-order valence-electron chi connectivity index (χ3n) is 2.56. The van der Waals surface area contributed by atoms with Crippen LogP contribution >= 0.6 is 0 Å².